The van der Waals surface area contributed by atoms with E-state index in [0.29, 0.717) is 35.0 Å². The van der Waals surface area contributed by atoms with Crippen LogP contribution in [-0.2, 0) is 29.2 Å². The molecular weight excluding hydrogens is 487 g/mol. The average Bonchev–Trinajstić information content (AvgIpc) is 2.91. The van der Waals surface area contributed by atoms with Crippen molar-refractivity contribution in [1.29, 1.82) is 0 Å². The van der Waals surface area contributed by atoms with E-state index in [1.807, 2.05) is 31.2 Å². The summed E-state index contributed by atoms with van der Waals surface area (Å²) in [5.74, 6) is -0.929. The monoisotopic (exact) mass is 516 g/mol. The van der Waals surface area contributed by atoms with Gasteiger partial charge >= 0.3 is 5.69 Å². The number of hydrogen-bond donors (Lipinski definition) is 2. The molecule has 0 fully saturated rings. The molecule has 4 aromatic rings. The Labute approximate surface area is 218 Å². The summed E-state index contributed by atoms with van der Waals surface area (Å²) >= 11 is 0. The average molecular weight is 517 g/mol. The topological polar surface area (TPSA) is 102 Å². The minimum atomic E-state index is -0.588. The smallest absolute Gasteiger partial charge is 0.331 e. The Morgan fingerprint density at radius 2 is 1.55 bits per heavy atom. The highest BCUT2D eigenvalue weighted by Gasteiger charge is 2.15. The number of nitrogens with one attached hydrogen (secondary N) is 2. The Morgan fingerprint density at radius 3 is 2.29 bits per heavy atom. The number of anilines is 1. The van der Waals surface area contributed by atoms with E-state index in [-0.39, 0.29) is 37.8 Å². The van der Waals surface area contributed by atoms with E-state index in [9.17, 15) is 23.6 Å². The molecule has 0 atom stereocenters. The molecule has 196 valence electrons. The van der Waals surface area contributed by atoms with E-state index in [1.165, 1.54) is 16.7 Å². The number of carbonyl (C=O) groups is 2. The fourth-order valence-corrected chi connectivity index (χ4v) is 4.14. The molecule has 4 rings (SSSR count). The number of para-hydroxylation sites is 1. The normalized spacial score (nSPS) is 10.9. The third kappa shape index (κ3) is 6.61. The van der Waals surface area contributed by atoms with Crippen LogP contribution in [0.3, 0.4) is 0 Å². The van der Waals surface area contributed by atoms with Gasteiger partial charge in [0.25, 0.3) is 5.56 Å². The van der Waals surface area contributed by atoms with Gasteiger partial charge in [0.05, 0.1) is 10.9 Å². The number of amides is 2. The fourth-order valence-electron chi connectivity index (χ4n) is 4.14. The summed E-state index contributed by atoms with van der Waals surface area (Å²) in [6.45, 7) is 1.99. The summed E-state index contributed by atoms with van der Waals surface area (Å²) in [6.07, 6.45) is 1.16. The lowest BCUT2D eigenvalue weighted by Crippen LogP contribution is -2.42. The minimum Gasteiger partial charge on any atom is -0.350 e. The number of benzene rings is 3. The SMILES string of the molecule is Cc1ccc(NC(=O)CCCCn2c(=O)c3ccccc3n(CC(=O)NCc3ccc(F)cc3)c2=O)cc1. The molecule has 0 unspecified atom stereocenters. The molecule has 0 bridgehead atoms. The highest BCUT2D eigenvalue weighted by Crippen LogP contribution is 2.11. The van der Waals surface area contributed by atoms with Gasteiger partial charge in [-0.2, -0.15) is 0 Å². The standard InChI is InChI=1S/C29H29FN4O4/c1-20-9-15-23(16-10-20)32-26(35)8-4-5-17-33-28(37)24-6-2-3-7-25(24)34(29(33)38)19-27(36)31-18-21-11-13-22(30)14-12-21/h2-3,6-7,9-16H,4-5,8,17-19H2,1H3,(H,31,36)(H,32,35). The van der Waals surface area contributed by atoms with E-state index in [4.69, 9.17) is 0 Å². The van der Waals surface area contributed by atoms with Gasteiger partial charge in [-0.1, -0.05) is 42.0 Å². The number of rotatable bonds is 10. The largest absolute Gasteiger partial charge is 0.350 e. The Hall–Kier alpha value is -4.53. The summed E-state index contributed by atoms with van der Waals surface area (Å²) in [4.78, 5) is 51.3. The molecule has 0 aliphatic carbocycles. The van der Waals surface area contributed by atoms with Gasteiger partial charge in [0.2, 0.25) is 11.8 Å². The molecule has 0 aliphatic rings. The van der Waals surface area contributed by atoms with Gasteiger partial charge < -0.3 is 10.6 Å². The first-order valence-electron chi connectivity index (χ1n) is 12.4. The number of nitrogens with zero attached hydrogens (tertiary/aromatic N) is 2. The van der Waals surface area contributed by atoms with E-state index in [2.05, 4.69) is 10.6 Å². The molecule has 1 aromatic heterocycles. The number of aryl methyl sites for hydroxylation is 1. The second kappa shape index (κ2) is 12.1. The molecule has 0 saturated heterocycles. The number of unbranched alkanes of at least 4 members (excludes halogenated alkanes) is 1. The highest BCUT2D eigenvalue weighted by atomic mass is 19.1. The van der Waals surface area contributed by atoms with Crippen LogP contribution in [0.4, 0.5) is 10.1 Å². The van der Waals surface area contributed by atoms with E-state index >= 15 is 0 Å². The lowest BCUT2D eigenvalue weighted by atomic mass is 10.2. The predicted octanol–water partition coefficient (Wildman–Crippen LogP) is 3.74. The molecule has 2 N–H and O–H groups in total. The molecule has 1 heterocycles. The van der Waals surface area contributed by atoms with Crippen LogP contribution in [0.2, 0.25) is 0 Å². The van der Waals surface area contributed by atoms with Crippen molar-refractivity contribution in [1.82, 2.24) is 14.5 Å². The number of aromatic nitrogens is 2. The second-order valence-electron chi connectivity index (χ2n) is 9.12. The lowest BCUT2D eigenvalue weighted by Gasteiger charge is -2.14. The Balaban J connectivity index is 1.43. The second-order valence-corrected chi connectivity index (χ2v) is 9.12. The zero-order valence-electron chi connectivity index (χ0n) is 21.1. The number of fused-ring (bicyclic) bond motifs is 1. The van der Waals surface area contributed by atoms with Gasteiger partial charge in [-0.15, -0.1) is 0 Å². The lowest BCUT2D eigenvalue weighted by molar-refractivity contribution is -0.122. The van der Waals surface area contributed by atoms with Gasteiger partial charge in [-0.3, -0.25) is 23.5 Å². The number of halogens is 1. The first kappa shape index (κ1) is 26.5. The first-order valence-corrected chi connectivity index (χ1v) is 12.4. The van der Waals surface area contributed by atoms with E-state index in [1.54, 1.807) is 36.4 Å². The molecule has 38 heavy (non-hydrogen) atoms. The maximum atomic E-state index is 13.3. The van der Waals surface area contributed by atoms with Crippen molar-refractivity contribution >= 4 is 28.4 Å². The van der Waals surface area contributed by atoms with E-state index in [0.717, 1.165) is 10.1 Å². The van der Waals surface area contributed by atoms with Crippen molar-refractivity contribution in [3.8, 4) is 0 Å². The molecule has 2 amide bonds. The van der Waals surface area contributed by atoms with Crippen molar-refractivity contribution < 1.29 is 14.0 Å². The Kier molecular flexibility index (Phi) is 8.47. The van der Waals surface area contributed by atoms with Crippen LogP contribution >= 0.6 is 0 Å². The molecular formula is C29H29FN4O4. The van der Waals surface area contributed by atoms with Crippen molar-refractivity contribution in [3.63, 3.8) is 0 Å². The maximum absolute atomic E-state index is 13.3. The zero-order chi connectivity index (χ0) is 27.1. The van der Waals surface area contributed by atoms with Gasteiger partial charge in [0.1, 0.15) is 12.4 Å². The summed E-state index contributed by atoms with van der Waals surface area (Å²) in [5, 5.41) is 5.89. The third-order valence-corrected chi connectivity index (χ3v) is 6.21. The maximum Gasteiger partial charge on any atom is 0.331 e. The minimum absolute atomic E-state index is 0.123. The number of hydrogen-bond acceptors (Lipinski definition) is 4. The fraction of sp³-hybridized carbons (Fsp3) is 0.241. The predicted molar refractivity (Wildman–Crippen MR) is 144 cm³/mol. The van der Waals surface area contributed by atoms with Crippen LogP contribution in [0.1, 0.15) is 30.4 Å². The summed E-state index contributed by atoms with van der Waals surface area (Å²) in [6, 6.07) is 19.9. The van der Waals surface area contributed by atoms with E-state index < -0.39 is 17.2 Å². The van der Waals surface area contributed by atoms with Gasteiger partial charge in [0.15, 0.2) is 0 Å². The van der Waals surface area contributed by atoms with Crippen LogP contribution in [0.15, 0.2) is 82.4 Å². The van der Waals surface area contributed by atoms with Crippen LogP contribution < -0.4 is 21.9 Å². The van der Waals surface area contributed by atoms with Crippen molar-refractivity contribution in [2.45, 2.75) is 45.8 Å². The van der Waals surface area contributed by atoms with Gasteiger partial charge in [0, 0.05) is 25.2 Å². The van der Waals surface area contributed by atoms with Crippen LogP contribution in [0, 0.1) is 12.7 Å². The highest BCUT2D eigenvalue weighted by molar-refractivity contribution is 5.90. The van der Waals surface area contributed by atoms with Crippen LogP contribution in [0.25, 0.3) is 10.9 Å². The molecule has 0 aliphatic heterocycles. The summed E-state index contributed by atoms with van der Waals surface area (Å²) < 4.78 is 15.5. The summed E-state index contributed by atoms with van der Waals surface area (Å²) in [5.41, 5.74) is 1.88. The van der Waals surface area contributed by atoms with Crippen molar-refractivity contribution in [2.75, 3.05) is 5.32 Å². The van der Waals surface area contributed by atoms with Crippen molar-refractivity contribution in [3.05, 3.63) is 111 Å². The summed E-state index contributed by atoms with van der Waals surface area (Å²) in [7, 11) is 0. The van der Waals surface area contributed by atoms with Gasteiger partial charge in [-0.25, -0.2) is 9.18 Å². The Bertz CT molecular complexity index is 1560. The Morgan fingerprint density at radius 1 is 0.842 bits per heavy atom. The molecule has 0 saturated carbocycles. The molecule has 0 spiro atoms. The van der Waals surface area contributed by atoms with Gasteiger partial charge in [-0.05, 0) is 61.7 Å². The number of carbonyl (C=O) groups excluding carboxylic acids is 2. The van der Waals surface area contributed by atoms with Crippen LogP contribution in [0.5, 0.6) is 0 Å². The zero-order valence-corrected chi connectivity index (χ0v) is 21.1. The quantitative estimate of drug-likeness (QED) is 0.314. The molecule has 0 radical (unpaired) electrons. The third-order valence-electron chi connectivity index (χ3n) is 6.21. The molecule has 8 nitrogen and oxygen atoms in total. The van der Waals surface area contributed by atoms with Crippen molar-refractivity contribution in [2.24, 2.45) is 0 Å². The molecule has 3 aromatic carbocycles. The van der Waals surface area contributed by atoms with Crippen LogP contribution in [-0.4, -0.2) is 20.9 Å². The first-order chi connectivity index (χ1) is 18.3. The molecule has 9 heteroatoms.